The molecule has 1 atom stereocenters. The van der Waals surface area contributed by atoms with E-state index in [1.54, 1.807) is 30.0 Å². The summed E-state index contributed by atoms with van der Waals surface area (Å²) >= 11 is 3.29. The number of thiophene rings is 1. The van der Waals surface area contributed by atoms with E-state index in [1.807, 2.05) is 11.4 Å². The minimum atomic E-state index is -0.431. The topological polar surface area (TPSA) is 67.4 Å². The fourth-order valence-electron chi connectivity index (χ4n) is 2.03. The predicted molar refractivity (Wildman–Crippen MR) is 96.9 cm³/mol. The van der Waals surface area contributed by atoms with Crippen molar-refractivity contribution < 1.29 is 14.3 Å². The molecule has 5 nitrogen and oxygen atoms in total. The molecule has 0 fully saturated rings. The van der Waals surface area contributed by atoms with E-state index in [0.29, 0.717) is 24.8 Å². The molecule has 0 aliphatic rings. The SMILES string of the molecule is CCOC(=O)NC(CNC(=O)CSCc1cccs1)CC(C)C. The number of carbonyl (C=O) groups is 2. The molecule has 7 heteroatoms. The summed E-state index contributed by atoms with van der Waals surface area (Å²) in [7, 11) is 0. The Morgan fingerprint density at radius 1 is 1.39 bits per heavy atom. The van der Waals surface area contributed by atoms with Crippen LogP contribution in [0, 0.1) is 5.92 Å². The van der Waals surface area contributed by atoms with Gasteiger partial charge in [0.1, 0.15) is 0 Å². The van der Waals surface area contributed by atoms with Crippen molar-refractivity contribution in [3.8, 4) is 0 Å². The highest BCUT2D eigenvalue weighted by Gasteiger charge is 2.15. The summed E-state index contributed by atoms with van der Waals surface area (Å²) in [4.78, 5) is 24.7. The zero-order valence-electron chi connectivity index (χ0n) is 14.0. The standard InChI is InChI=1S/C16H26N2O3S2/c1-4-21-16(20)18-13(8-12(2)3)9-17-15(19)11-22-10-14-6-5-7-23-14/h5-7,12-13H,4,8-11H2,1-3H3,(H,17,19)(H,18,20). The minimum Gasteiger partial charge on any atom is -0.450 e. The van der Waals surface area contributed by atoms with Gasteiger partial charge in [0.25, 0.3) is 0 Å². The van der Waals surface area contributed by atoms with Gasteiger partial charge < -0.3 is 15.4 Å². The Kier molecular flexibility index (Phi) is 9.78. The summed E-state index contributed by atoms with van der Waals surface area (Å²) in [5.41, 5.74) is 0. The van der Waals surface area contributed by atoms with Crippen LogP contribution in [-0.4, -0.2) is 36.9 Å². The molecule has 0 saturated carbocycles. The van der Waals surface area contributed by atoms with Crippen molar-refractivity contribution >= 4 is 35.1 Å². The van der Waals surface area contributed by atoms with Crippen LogP contribution in [0.4, 0.5) is 4.79 Å². The van der Waals surface area contributed by atoms with Gasteiger partial charge in [0.2, 0.25) is 5.91 Å². The summed E-state index contributed by atoms with van der Waals surface area (Å²) in [6.45, 7) is 6.70. The van der Waals surface area contributed by atoms with Crippen LogP contribution in [-0.2, 0) is 15.3 Å². The minimum absolute atomic E-state index is 0.00836. The molecule has 0 saturated heterocycles. The highest BCUT2D eigenvalue weighted by Crippen LogP contribution is 2.16. The number of carbonyl (C=O) groups excluding carboxylic acids is 2. The van der Waals surface area contributed by atoms with E-state index in [0.717, 1.165) is 12.2 Å². The second-order valence-electron chi connectivity index (χ2n) is 5.57. The molecule has 0 aromatic carbocycles. The molecular formula is C16H26N2O3S2. The molecule has 1 aromatic heterocycles. The highest BCUT2D eigenvalue weighted by molar-refractivity contribution is 7.99. The van der Waals surface area contributed by atoms with E-state index < -0.39 is 6.09 Å². The summed E-state index contributed by atoms with van der Waals surface area (Å²) in [6.07, 6.45) is 0.362. The van der Waals surface area contributed by atoms with Crippen LogP contribution >= 0.6 is 23.1 Å². The molecule has 2 N–H and O–H groups in total. The fourth-order valence-corrected chi connectivity index (χ4v) is 3.73. The van der Waals surface area contributed by atoms with E-state index in [1.165, 1.54) is 4.88 Å². The lowest BCUT2D eigenvalue weighted by molar-refractivity contribution is -0.118. The van der Waals surface area contributed by atoms with E-state index >= 15 is 0 Å². The van der Waals surface area contributed by atoms with Crippen LogP contribution in [0.5, 0.6) is 0 Å². The first kappa shape index (κ1) is 19.8. The van der Waals surface area contributed by atoms with Crippen LogP contribution < -0.4 is 10.6 Å². The van der Waals surface area contributed by atoms with Crippen molar-refractivity contribution in [1.29, 1.82) is 0 Å². The number of amides is 2. The molecule has 23 heavy (non-hydrogen) atoms. The number of hydrogen-bond acceptors (Lipinski definition) is 5. The van der Waals surface area contributed by atoms with Crippen LogP contribution in [0.3, 0.4) is 0 Å². The Hall–Kier alpha value is -1.21. The van der Waals surface area contributed by atoms with Gasteiger partial charge in [-0.15, -0.1) is 23.1 Å². The van der Waals surface area contributed by atoms with Gasteiger partial charge in [-0.2, -0.15) is 0 Å². The molecule has 0 spiro atoms. The second-order valence-corrected chi connectivity index (χ2v) is 7.59. The van der Waals surface area contributed by atoms with Gasteiger partial charge in [-0.05, 0) is 30.7 Å². The third-order valence-electron chi connectivity index (χ3n) is 2.96. The Labute approximate surface area is 146 Å². The molecule has 1 rings (SSSR count). The first-order valence-corrected chi connectivity index (χ1v) is 9.84. The number of rotatable bonds is 10. The molecule has 130 valence electrons. The quantitative estimate of drug-likeness (QED) is 0.674. The van der Waals surface area contributed by atoms with Crippen LogP contribution in [0.15, 0.2) is 17.5 Å². The Bertz CT molecular complexity index is 464. The monoisotopic (exact) mass is 358 g/mol. The van der Waals surface area contributed by atoms with Gasteiger partial charge >= 0.3 is 6.09 Å². The van der Waals surface area contributed by atoms with Crippen molar-refractivity contribution in [3.05, 3.63) is 22.4 Å². The largest absolute Gasteiger partial charge is 0.450 e. The van der Waals surface area contributed by atoms with Gasteiger partial charge in [-0.25, -0.2) is 4.79 Å². The molecule has 1 heterocycles. The first-order valence-electron chi connectivity index (χ1n) is 7.81. The molecule has 1 unspecified atom stereocenters. The summed E-state index contributed by atoms with van der Waals surface area (Å²) in [5, 5.41) is 7.73. The smallest absolute Gasteiger partial charge is 0.407 e. The normalized spacial score (nSPS) is 12.0. The lowest BCUT2D eigenvalue weighted by atomic mass is 10.0. The lowest BCUT2D eigenvalue weighted by Gasteiger charge is -2.20. The van der Waals surface area contributed by atoms with Crippen LogP contribution in [0.25, 0.3) is 0 Å². The van der Waals surface area contributed by atoms with Gasteiger partial charge in [0.15, 0.2) is 0 Å². The zero-order chi connectivity index (χ0) is 17.1. The van der Waals surface area contributed by atoms with Crippen molar-refractivity contribution in [1.82, 2.24) is 10.6 Å². The molecule has 2 amide bonds. The highest BCUT2D eigenvalue weighted by atomic mass is 32.2. The molecule has 1 aromatic rings. The molecule has 0 bridgehead atoms. The van der Waals surface area contributed by atoms with E-state index in [-0.39, 0.29) is 11.9 Å². The zero-order valence-corrected chi connectivity index (χ0v) is 15.6. The van der Waals surface area contributed by atoms with E-state index in [2.05, 4.69) is 30.5 Å². The van der Waals surface area contributed by atoms with Crippen LogP contribution in [0.2, 0.25) is 0 Å². The summed E-state index contributed by atoms with van der Waals surface area (Å²) in [6, 6.07) is 3.97. The fraction of sp³-hybridized carbons (Fsp3) is 0.625. The van der Waals surface area contributed by atoms with E-state index in [4.69, 9.17) is 4.74 Å². The molecule has 0 aliphatic heterocycles. The third-order valence-corrected chi connectivity index (χ3v) is 5.00. The maximum Gasteiger partial charge on any atom is 0.407 e. The Morgan fingerprint density at radius 3 is 2.78 bits per heavy atom. The number of hydrogen-bond donors (Lipinski definition) is 2. The Morgan fingerprint density at radius 2 is 2.17 bits per heavy atom. The van der Waals surface area contributed by atoms with Crippen molar-refractivity contribution in [2.75, 3.05) is 18.9 Å². The molecular weight excluding hydrogens is 332 g/mol. The second kappa shape index (κ2) is 11.3. The maximum atomic E-state index is 11.9. The Balaban J connectivity index is 2.28. The average Bonchev–Trinajstić information content (AvgIpc) is 2.97. The van der Waals surface area contributed by atoms with Crippen LogP contribution in [0.1, 0.15) is 32.1 Å². The number of ether oxygens (including phenoxy) is 1. The van der Waals surface area contributed by atoms with Gasteiger partial charge in [0, 0.05) is 23.2 Å². The molecule has 0 radical (unpaired) electrons. The summed E-state index contributed by atoms with van der Waals surface area (Å²) < 4.78 is 4.90. The molecule has 0 aliphatic carbocycles. The third kappa shape index (κ3) is 9.50. The van der Waals surface area contributed by atoms with Gasteiger partial charge in [0.05, 0.1) is 12.4 Å². The number of nitrogens with one attached hydrogen (secondary N) is 2. The van der Waals surface area contributed by atoms with Crippen molar-refractivity contribution in [2.45, 2.75) is 39.0 Å². The van der Waals surface area contributed by atoms with E-state index in [9.17, 15) is 9.59 Å². The number of thioether (sulfide) groups is 1. The lowest BCUT2D eigenvalue weighted by Crippen LogP contribution is -2.45. The van der Waals surface area contributed by atoms with Crippen molar-refractivity contribution in [3.63, 3.8) is 0 Å². The van der Waals surface area contributed by atoms with Gasteiger partial charge in [-0.3, -0.25) is 4.79 Å². The number of alkyl carbamates (subject to hydrolysis) is 1. The predicted octanol–water partition coefficient (Wildman–Crippen LogP) is 3.26. The van der Waals surface area contributed by atoms with Crippen molar-refractivity contribution in [2.24, 2.45) is 5.92 Å². The average molecular weight is 359 g/mol. The van der Waals surface area contributed by atoms with Gasteiger partial charge in [-0.1, -0.05) is 19.9 Å². The maximum absolute atomic E-state index is 11.9. The summed E-state index contributed by atoms with van der Waals surface area (Å²) in [5.74, 6) is 1.69. The first-order chi connectivity index (χ1) is 11.0.